The zero-order valence-electron chi connectivity index (χ0n) is 8.18. The fraction of sp³-hybridized carbons (Fsp3) is 0.273. The first-order chi connectivity index (χ1) is 7.33. The van der Waals surface area contributed by atoms with Crippen molar-refractivity contribution < 1.29 is 14.3 Å². The molecule has 0 bridgehead atoms. The minimum atomic E-state index is -0.143. The lowest BCUT2D eigenvalue weighted by molar-refractivity contribution is -0.108. The minimum Gasteiger partial charge on any atom is -0.491 e. The first-order valence-corrected chi connectivity index (χ1v) is 4.77. The second-order valence-corrected chi connectivity index (χ2v) is 3.26. The molecule has 0 saturated heterocycles. The maximum atomic E-state index is 11.9. The van der Waals surface area contributed by atoms with Crippen molar-refractivity contribution in [3.8, 4) is 5.75 Å². The van der Waals surface area contributed by atoms with E-state index in [1.807, 2.05) is 6.07 Å². The van der Waals surface area contributed by atoms with Gasteiger partial charge in [-0.25, -0.2) is 0 Å². The first kappa shape index (κ1) is 9.71. The van der Waals surface area contributed by atoms with Gasteiger partial charge in [0, 0.05) is 0 Å². The number of hydrogen-bond donors (Lipinski definition) is 0. The van der Waals surface area contributed by atoms with E-state index in [1.165, 1.54) is 4.90 Å². The molecule has 0 aromatic heterocycles. The summed E-state index contributed by atoms with van der Waals surface area (Å²) in [5, 5.41) is 0. The van der Waals surface area contributed by atoms with E-state index in [2.05, 4.69) is 0 Å². The summed E-state index contributed by atoms with van der Waals surface area (Å²) < 4.78 is 5.42. The topological polar surface area (TPSA) is 46.6 Å². The molecule has 1 aromatic rings. The van der Waals surface area contributed by atoms with Crippen LogP contribution in [0.25, 0.3) is 0 Å². The Morgan fingerprint density at radius 1 is 1.40 bits per heavy atom. The van der Waals surface area contributed by atoms with Gasteiger partial charge in [-0.15, -0.1) is 0 Å². The van der Waals surface area contributed by atoms with Crippen molar-refractivity contribution in [1.82, 2.24) is 4.90 Å². The Balaban J connectivity index is 2.34. The molecule has 0 N–H and O–H groups in total. The molecule has 4 nitrogen and oxygen atoms in total. The zero-order chi connectivity index (χ0) is 10.7. The van der Waals surface area contributed by atoms with Crippen LogP contribution in [0.1, 0.15) is 10.4 Å². The number of aldehydes is 1. The van der Waals surface area contributed by atoms with Crippen LogP contribution < -0.4 is 4.74 Å². The molecule has 2 rings (SSSR count). The Kier molecular flexibility index (Phi) is 2.67. The van der Waals surface area contributed by atoms with Gasteiger partial charge in [0.15, 0.2) is 0 Å². The molecule has 0 saturated carbocycles. The van der Waals surface area contributed by atoms with Crippen LogP contribution in [-0.2, 0) is 4.79 Å². The Hall–Kier alpha value is -1.84. The van der Waals surface area contributed by atoms with Crippen LogP contribution in [0.3, 0.4) is 0 Å². The van der Waals surface area contributed by atoms with Crippen LogP contribution in [0.2, 0.25) is 0 Å². The number of benzene rings is 1. The van der Waals surface area contributed by atoms with Crippen LogP contribution in [0.4, 0.5) is 0 Å². The summed E-state index contributed by atoms with van der Waals surface area (Å²) in [7, 11) is 0. The number of ether oxygens (including phenoxy) is 1. The van der Waals surface area contributed by atoms with Crippen molar-refractivity contribution in [3.05, 3.63) is 29.8 Å². The molecule has 0 spiro atoms. The van der Waals surface area contributed by atoms with Crippen molar-refractivity contribution in [2.24, 2.45) is 0 Å². The minimum absolute atomic E-state index is 0.122. The summed E-state index contributed by atoms with van der Waals surface area (Å²) in [4.78, 5) is 23.8. The van der Waals surface area contributed by atoms with Gasteiger partial charge in [0.05, 0.1) is 18.7 Å². The molecule has 78 valence electrons. The molecule has 1 aliphatic heterocycles. The third kappa shape index (κ3) is 1.83. The third-order valence-corrected chi connectivity index (χ3v) is 2.32. The highest BCUT2D eigenvalue weighted by Gasteiger charge is 2.22. The van der Waals surface area contributed by atoms with Gasteiger partial charge in [0.2, 0.25) is 0 Å². The highest BCUT2D eigenvalue weighted by molar-refractivity contribution is 5.98. The van der Waals surface area contributed by atoms with E-state index in [0.29, 0.717) is 24.5 Å². The maximum Gasteiger partial charge on any atom is 0.258 e. The lowest BCUT2D eigenvalue weighted by atomic mass is 10.2. The molecule has 1 amide bonds. The largest absolute Gasteiger partial charge is 0.491 e. The van der Waals surface area contributed by atoms with Gasteiger partial charge in [-0.2, -0.15) is 0 Å². The first-order valence-electron chi connectivity index (χ1n) is 4.77. The van der Waals surface area contributed by atoms with E-state index in [0.717, 1.165) is 6.29 Å². The molecular weight excluding hydrogens is 194 g/mol. The lowest BCUT2D eigenvalue weighted by Crippen LogP contribution is -2.33. The predicted molar refractivity (Wildman–Crippen MR) is 53.9 cm³/mol. The van der Waals surface area contributed by atoms with Crippen LogP contribution in [0.5, 0.6) is 5.75 Å². The summed E-state index contributed by atoms with van der Waals surface area (Å²) in [6, 6.07) is 7.07. The van der Waals surface area contributed by atoms with E-state index < -0.39 is 0 Å². The molecule has 0 unspecified atom stereocenters. The highest BCUT2D eigenvalue weighted by Crippen LogP contribution is 2.21. The molecule has 0 fully saturated rings. The third-order valence-electron chi connectivity index (χ3n) is 2.32. The van der Waals surface area contributed by atoms with E-state index in [4.69, 9.17) is 4.74 Å². The fourth-order valence-corrected chi connectivity index (χ4v) is 1.57. The zero-order valence-corrected chi connectivity index (χ0v) is 8.18. The molecule has 1 aromatic carbocycles. The average Bonchev–Trinajstić information content (AvgIpc) is 2.41. The molecule has 1 heterocycles. The van der Waals surface area contributed by atoms with Gasteiger partial charge in [-0.1, -0.05) is 12.1 Å². The van der Waals surface area contributed by atoms with Crippen molar-refractivity contribution in [2.75, 3.05) is 19.7 Å². The monoisotopic (exact) mass is 205 g/mol. The summed E-state index contributed by atoms with van der Waals surface area (Å²) >= 11 is 0. The summed E-state index contributed by atoms with van der Waals surface area (Å²) in [5.74, 6) is 0.450. The number of carbonyl (C=O) groups is 2. The standard InChI is InChI=1S/C11H11NO3/c13-7-5-12-6-8-15-10-4-2-1-3-9(10)11(12)14/h1-4,7H,5-6,8H2. The Bertz CT molecular complexity index is 389. The number of fused-ring (bicyclic) bond motifs is 1. The van der Waals surface area contributed by atoms with Gasteiger partial charge in [0.25, 0.3) is 5.91 Å². The lowest BCUT2D eigenvalue weighted by Gasteiger charge is -2.15. The number of nitrogens with zero attached hydrogens (tertiary/aromatic N) is 1. The smallest absolute Gasteiger partial charge is 0.258 e. The van der Waals surface area contributed by atoms with Crippen molar-refractivity contribution in [2.45, 2.75) is 0 Å². The van der Waals surface area contributed by atoms with Crippen molar-refractivity contribution in [1.29, 1.82) is 0 Å². The normalized spacial score (nSPS) is 15.2. The van der Waals surface area contributed by atoms with Crippen LogP contribution >= 0.6 is 0 Å². The van der Waals surface area contributed by atoms with E-state index in [-0.39, 0.29) is 12.5 Å². The van der Waals surface area contributed by atoms with Crippen LogP contribution in [0, 0.1) is 0 Å². The Morgan fingerprint density at radius 2 is 2.20 bits per heavy atom. The predicted octanol–water partition coefficient (Wildman–Crippen LogP) is 0.720. The average molecular weight is 205 g/mol. The second-order valence-electron chi connectivity index (χ2n) is 3.26. The Labute approximate surface area is 87.4 Å². The van der Waals surface area contributed by atoms with Gasteiger partial charge >= 0.3 is 0 Å². The molecule has 4 heteroatoms. The highest BCUT2D eigenvalue weighted by atomic mass is 16.5. The molecule has 0 aliphatic carbocycles. The number of rotatable bonds is 2. The molecule has 0 radical (unpaired) electrons. The Morgan fingerprint density at radius 3 is 3.00 bits per heavy atom. The molecular formula is C11H11NO3. The summed E-state index contributed by atoms with van der Waals surface area (Å²) in [5.41, 5.74) is 0.525. The fourth-order valence-electron chi connectivity index (χ4n) is 1.57. The quantitative estimate of drug-likeness (QED) is 0.668. The molecule has 0 atom stereocenters. The van der Waals surface area contributed by atoms with Crippen molar-refractivity contribution in [3.63, 3.8) is 0 Å². The van der Waals surface area contributed by atoms with Crippen LogP contribution in [0.15, 0.2) is 24.3 Å². The van der Waals surface area contributed by atoms with E-state index >= 15 is 0 Å². The number of hydrogen-bond acceptors (Lipinski definition) is 3. The van der Waals surface area contributed by atoms with Gasteiger partial charge in [0.1, 0.15) is 18.6 Å². The summed E-state index contributed by atoms with van der Waals surface area (Å²) in [6.45, 7) is 0.999. The van der Waals surface area contributed by atoms with Gasteiger partial charge in [-0.05, 0) is 12.1 Å². The number of carbonyl (C=O) groups excluding carboxylic acids is 2. The van der Waals surface area contributed by atoms with Gasteiger partial charge in [-0.3, -0.25) is 4.79 Å². The van der Waals surface area contributed by atoms with Crippen LogP contribution in [-0.4, -0.2) is 36.8 Å². The maximum absolute atomic E-state index is 11.9. The number of amides is 1. The van der Waals surface area contributed by atoms with E-state index in [1.54, 1.807) is 18.2 Å². The molecule has 1 aliphatic rings. The van der Waals surface area contributed by atoms with E-state index in [9.17, 15) is 9.59 Å². The summed E-state index contributed by atoms with van der Waals surface area (Å²) in [6.07, 6.45) is 0.728. The number of para-hydroxylation sites is 1. The van der Waals surface area contributed by atoms with Crippen molar-refractivity contribution >= 4 is 12.2 Å². The molecule has 15 heavy (non-hydrogen) atoms. The van der Waals surface area contributed by atoms with Gasteiger partial charge < -0.3 is 14.4 Å². The second kappa shape index (κ2) is 4.13. The SMILES string of the molecule is O=CCN1CCOc2ccccc2C1=O.